The molecule has 0 aromatic heterocycles. The minimum Gasteiger partial charge on any atom is -0.469 e. The molecule has 0 amide bonds. The van der Waals surface area contributed by atoms with E-state index in [1.807, 2.05) is 0 Å². The second-order valence-corrected chi connectivity index (χ2v) is 6.95. The monoisotopic (exact) mass is 366 g/mol. The van der Waals surface area contributed by atoms with E-state index in [-0.39, 0.29) is 5.75 Å². The summed E-state index contributed by atoms with van der Waals surface area (Å²) in [6.45, 7) is 1.71. The van der Waals surface area contributed by atoms with Gasteiger partial charge in [-0.2, -0.15) is 26.3 Å². The first-order valence-electron chi connectivity index (χ1n) is 6.91. The average Bonchev–Trinajstić information content (AvgIpc) is 2.51. The SMILES string of the molecule is CCP(Oc1cccc(C(F)(F)F)c1)c1cccc(C(F)(F)F)c1. The van der Waals surface area contributed by atoms with Gasteiger partial charge in [-0.05, 0) is 30.3 Å². The summed E-state index contributed by atoms with van der Waals surface area (Å²) < 4.78 is 82.1. The van der Waals surface area contributed by atoms with Gasteiger partial charge in [0.25, 0.3) is 0 Å². The van der Waals surface area contributed by atoms with Crippen molar-refractivity contribution < 1.29 is 30.9 Å². The van der Waals surface area contributed by atoms with Gasteiger partial charge in [0.05, 0.1) is 11.1 Å². The van der Waals surface area contributed by atoms with Crippen LogP contribution in [-0.4, -0.2) is 6.16 Å². The Balaban J connectivity index is 2.28. The standard InChI is InChI=1S/C16H13F6OP/c1-2-24(14-8-4-6-12(10-14)16(20,21)22)23-13-7-3-5-11(9-13)15(17,18)19/h3-10H,2H2,1H3. The fraction of sp³-hybridized carbons (Fsp3) is 0.250. The van der Waals surface area contributed by atoms with E-state index in [2.05, 4.69) is 0 Å². The van der Waals surface area contributed by atoms with Crippen molar-refractivity contribution in [3.8, 4) is 5.75 Å². The molecule has 0 radical (unpaired) electrons. The zero-order chi connectivity index (χ0) is 18.0. The Kier molecular flexibility index (Phi) is 5.43. The lowest BCUT2D eigenvalue weighted by Crippen LogP contribution is -2.13. The number of rotatable bonds is 4. The van der Waals surface area contributed by atoms with Crippen LogP contribution >= 0.6 is 8.15 Å². The van der Waals surface area contributed by atoms with Crippen molar-refractivity contribution in [1.29, 1.82) is 0 Å². The van der Waals surface area contributed by atoms with Crippen LogP contribution in [0.1, 0.15) is 18.1 Å². The van der Waals surface area contributed by atoms with Crippen molar-refractivity contribution in [2.24, 2.45) is 0 Å². The molecule has 1 nitrogen and oxygen atoms in total. The van der Waals surface area contributed by atoms with Gasteiger partial charge in [-0.1, -0.05) is 25.1 Å². The van der Waals surface area contributed by atoms with E-state index in [1.165, 1.54) is 24.3 Å². The van der Waals surface area contributed by atoms with E-state index >= 15 is 0 Å². The maximum absolute atomic E-state index is 12.8. The molecule has 2 aromatic carbocycles. The molecule has 0 heterocycles. The number of benzene rings is 2. The van der Waals surface area contributed by atoms with Crippen LogP contribution in [0.4, 0.5) is 26.3 Å². The Morgan fingerprint density at radius 1 is 0.833 bits per heavy atom. The van der Waals surface area contributed by atoms with Gasteiger partial charge in [-0.15, -0.1) is 0 Å². The molecule has 2 aromatic rings. The van der Waals surface area contributed by atoms with Crippen molar-refractivity contribution >= 4 is 13.5 Å². The van der Waals surface area contributed by atoms with E-state index < -0.39 is 31.6 Å². The summed E-state index contributed by atoms with van der Waals surface area (Å²) in [6, 6.07) is 8.97. The van der Waals surface area contributed by atoms with Gasteiger partial charge >= 0.3 is 12.4 Å². The third kappa shape index (κ3) is 4.63. The lowest BCUT2D eigenvalue weighted by atomic mass is 10.2. The van der Waals surface area contributed by atoms with Crippen LogP contribution in [0.15, 0.2) is 48.5 Å². The van der Waals surface area contributed by atoms with E-state index in [4.69, 9.17) is 4.52 Å². The molecular formula is C16H13F6OP. The molecule has 0 saturated heterocycles. The van der Waals surface area contributed by atoms with E-state index in [9.17, 15) is 26.3 Å². The summed E-state index contributed by atoms with van der Waals surface area (Å²) >= 11 is 0. The van der Waals surface area contributed by atoms with Gasteiger partial charge in [0, 0.05) is 11.5 Å². The first kappa shape index (κ1) is 18.6. The third-order valence-corrected chi connectivity index (χ3v) is 4.99. The molecule has 0 spiro atoms. The highest BCUT2D eigenvalue weighted by atomic mass is 31.1. The summed E-state index contributed by atoms with van der Waals surface area (Å²) in [6.07, 6.45) is -8.63. The van der Waals surface area contributed by atoms with Crippen LogP contribution in [0.5, 0.6) is 5.75 Å². The Labute approximate surface area is 136 Å². The second-order valence-electron chi connectivity index (χ2n) is 4.86. The van der Waals surface area contributed by atoms with Crippen LogP contribution in [0, 0.1) is 0 Å². The fourth-order valence-electron chi connectivity index (χ4n) is 1.99. The first-order valence-corrected chi connectivity index (χ1v) is 8.36. The van der Waals surface area contributed by atoms with E-state index in [1.54, 1.807) is 6.92 Å². The summed E-state index contributed by atoms with van der Waals surface area (Å²) in [5.41, 5.74) is -1.68. The molecule has 130 valence electrons. The average molecular weight is 366 g/mol. The molecule has 2 rings (SSSR count). The van der Waals surface area contributed by atoms with Crippen LogP contribution in [0.25, 0.3) is 0 Å². The molecule has 0 aliphatic rings. The topological polar surface area (TPSA) is 9.23 Å². The van der Waals surface area contributed by atoms with Crippen LogP contribution in [-0.2, 0) is 12.4 Å². The maximum Gasteiger partial charge on any atom is 0.416 e. The molecule has 0 aliphatic carbocycles. The highest BCUT2D eigenvalue weighted by molar-refractivity contribution is 7.61. The van der Waals surface area contributed by atoms with Crippen molar-refractivity contribution in [1.82, 2.24) is 0 Å². The Morgan fingerprint density at radius 3 is 1.92 bits per heavy atom. The normalized spacial score (nSPS) is 13.6. The second kappa shape index (κ2) is 7.01. The zero-order valence-corrected chi connectivity index (χ0v) is 13.3. The molecule has 24 heavy (non-hydrogen) atoms. The van der Waals surface area contributed by atoms with Gasteiger partial charge in [0.15, 0.2) is 0 Å². The van der Waals surface area contributed by atoms with Crippen LogP contribution in [0.3, 0.4) is 0 Å². The summed E-state index contributed by atoms with van der Waals surface area (Å²) in [5.74, 6) is -0.0183. The molecule has 0 saturated carbocycles. The van der Waals surface area contributed by atoms with Crippen LogP contribution < -0.4 is 9.83 Å². The maximum atomic E-state index is 12.8. The molecule has 1 unspecified atom stereocenters. The molecule has 0 fully saturated rings. The van der Waals surface area contributed by atoms with Crippen molar-refractivity contribution in [3.63, 3.8) is 0 Å². The van der Waals surface area contributed by atoms with Gasteiger partial charge in [0.1, 0.15) is 13.9 Å². The Morgan fingerprint density at radius 2 is 1.38 bits per heavy atom. The van der Waals surface area contributed by atoms with E-state index in [0.29, 0.717) is 11.5 Å². The minimum absolute atomic E-state index is 0.0183. The van der Waals surface area contributed by atoms with Gasteiger partial charge in [-0.25, -0.2) is 0 Å². The minimum atomic E-state index is -4.51. The Bertz CT molecular complexity index is 695. The van der Waals surface area contributed by atoms with Gasteiger partial charge in [0.2, 0.25) is 0 Å². The quantitative estimate of drug-likeness (QED) is 0.488. The number of alkyl halides is 6. The number of hydrogen-bond donors (Lipinski definition) is 0. The number of halogens is 6. The van der Waals surface area contributed by atoms with Crippen molar-refractivity contribution in [2.45, 2.75) is 19.3 Å². The molecular weight excluding hydrogens is 353 g/mol. The zero-order valence-electron chi connectivity index (χ0n) is 12.4. The third-order valence-electron chi connectivity index (χ3n) is 3.13. The predicted octanol–water partition coefficient (Wildman–Crippen LogP) is 5.85. The smallest absolute Gasteiger partial charge is 0.416 e. The van der Waals surface area contributed by atoms with Crippen molar-refractivity contribution in [3.05, 3.63) is 59.7 Å². The largest absolute Gasteiger partial charge is 0.469 e. The Hall–Kier alpha value is -1.75. The van der Waals surface area contributed by atoms with Crippen LogP contribution in [0.2, 0.25) is 0 Å². The highest BCUT2D eigenvalue weighted by Crippen LogP contribution is 2.40. The van der Waals surface area contributed by atoms with Crippen molar-refractivity contribution in [2.75, 3.05) is 6.16 Å². The first-order chi connectivity index (χ1) is 11.1. The molecule has 1 atom stereocenters. The molecule has 0 N–H and O–H groups in total. The molecule has 0 aliphatic heterocycles. The lowest BCUT2D eigenvalue weighted by molar-refractivity contribution is -0.138. The summed E-state index contributed by atoms with van der Waals surface area (Å²) in [4.78, 5) is 0. The number of hydrogen-bond acceptors (Lipinski definition) is 1. The predicted molar refractivity (Wildman–Crippen MR) is 80.6 cm³/mol. The lowest BCUT2D eigenvalue weighted by Gasteiger charge is -2.19. The van der Waals surface area contributed by atoms with Gasteiger partial charge in [-0.3, -0.25) is 0 Å². The summed E-state index contributed by atoms with van der Waals surface area (Å²) in [5, 5.41) is 0.319. The molecule has 8 heteroatoms. The fourth-order valence-corrected chi connectivity index (χ4v) is 3.50. The van der Waals surface area contributed by atoms with Gasteiger partial charge < -0.3 is 4.52 Å². The molecule has 0 bridgehead atoms. The highest BCUT2D eigenvalue weighted by Gasteiger charge is 2.32. The summed E-state index contributed by atoms with van der Waals surface area (Å²) in [7, 11) is -1.51. The van der Waals surface area contributed by atoms with E-state index in [0.717, 1.165) is 24.3 Å².